The van der Waals surface area contributed by atoms with Crippen molar-refractivity contribution in [3.8, 4) is 0 Å². The summed E-state index contributed by atoms with van der Waals surface area (Å²) in [5.41, 5.74) is 0. The molecule has 0 saturated carbocycles. The summed E-state index contributed by atoms with van der Waals surface area (Å²) in [5, 5.41) is 14.6. The molecule has 2 saturated heterocycles. The summed E-state index contributed by atoms with van der Waals surface area (Å²) in [6.45, 7) is 2.06. The smallest absolute Gasteiger partial charge is 0 e. The molecule has 4 atom stereocenters. The third kappa shape index (κ3) is 4.14. The van der Waals surface area contributed by atoms with Crippen molar-refractivity contribution in [2.24, 2.45) is 0 Å². The van der Waals surface area contributed by atoms with Crippen LogP contribution in [0.15, 0.2) is 12.2 Å². The Morgan fingerprint density at radius 3 is 2.37 bits per heavy atom. The van der Waals surface area contributed by atoms with E-state index in [1.54, 1.807) is 0 Å². The molecule has 2 fully saturated rings. The van der Waals surface area contributed by atoms with E-state index in [1.165, 1.54) is 38.5 Å². The topological polar surface area (TPSA) is 42.3 Å². The molecule has 0 spiro atoms. The molecule has 0 aliphatic carbocycles. The molecule has 3 aliphatic rings. The van der Waals surface area contributed by atoms with Crippen molar-refractivity contribution >= 4 is 0 Å². The van der Waals surface area contributed by atoms with E-state index in [0.29, 0.717) is 24.2 Å². The summed E-state index contributed by atoms with van der Waals surface area (Å²) >= 11 is 0. The molecule has 0 N–H and O–H groups in total. The van der Waals surface area contributed by atoms with Crippen LogP contribution in [0, 0.1) is 0 Å². The van der Waals surface area contributed by atoms with Gasteiger partial charge in [0, 0.05) is 21.1 Å². The molecule has 3 heterocycles. The van der Waals surface area contributed by atoms with Crippen LogP contribution in [0.3, 0.4) is 0 Å². The van der Waals surface area contributed by atoms with E-state index in [4.69, 9.17) is 16.0 Å². The summed E-state index contributed by atoms with van der Waals surface area (Å²) in [7, 11) is 0. The van der Waals surface area contributed by atoms with Crippen LogP contribution in [-0.2, 0) is 21.1 Å². The monoisotopic (exact) mass is 441 g/mol. The van der Waals surface area contributed by atoms with Gasteiger partial charge in [-0.2, -0.15) is 12.1 Å². The molecule has 0 aromatic rings. The Balaban J connectivity index is 0.00000133. The molecule has 4 unspecified atom stereocenters. The Morgan fingerprint density at radius 2 is 1.63 bits per heavy atom. The average molecular weight is 441 g/mol. The molecule has 4 heteroatoms. The summed E-state index contributed by atoms with van der Waals surface area (Å²) in [5.74, 6) is 0. The maximum absolute atomic E-state index is 5.09. The minimum absolute atomic E-state index is 0. The minimum atomic E-state index is 0. The van der Waals surface area contributed by atoms with E-state index in [0.717, 1.165) is 19.5 Å². The molecule has 3 aliphatic heterocycles. The first kappa shape index (κ1) is 15.7. The van der Waals surface area contributed by atoms with Crippen molar-refractivity contribution in [1.29, 1.82) is 0 Å². The zero-order valence-electron chi connectivity index (χ0n) is 11.5. The predicted octanol–water partition coefficient (Wildman–Crippen LogP) is 3.91. The Morgan fingerprint density at radius 1 is 0.789 bits per heavy atom. The van der Waals surface area contributed by atoms with E-state index >= 15 is 0 Å². The minimum Gasteiger partial charge on any atom is -0.661 e. The second-order valence-electron chi connectivity index (χ2n) is 5.80. The van der Waals surface area contributed by atoms with Gasteiger partial charge < -0.3 is 16.0 Å². The first-order valence-corrected chi connectivity index (χ1v) is 7.63. The molecular formula is C15H24N3Pt-3. The summed E-state index contributed by atoms with van der Waals surface area (Å²) in [6.07, 6.45) is 13.3. The van der Waals surface area contributed by atoms with Gasteiger partial charge in [-0.1, -0.05) is 51.0 Å². The van der Waals surface area contributed by atoms with Gasteiger partial charge in [0.2, 0.25) is 0 Å². The molecule has 3 nitrogen and oxygen atoms in total. The Bertz CT molecular complexity index is 289. The second kappa shape index (κ2) is 7.92. The number of hydrogen-bond acceptors (Lipinski definition) is 0. The fraction of sp³-hybridized carbons (Fsp3) is 0.867. The van der Waals surface area contributed by atoms with Gasteiger partial charge in [0.15, 0.2) is 0 Å². The van der Waals surface area contributed by atoms with E-state index in [-0.39, 0.29) is 21.1 Å². The van der Waals surface area contributed by atoms with E-state index < -0.39 is 0 Å². The second-order valence-corrected chi connectivity index (χ2v) is 5.80. The number of nitrogens with zero attached hydrogens (tertiary/aromatic N) is 3. The predicted molar refractivity (Wildman–Crippen MR) is 76.4 cm³/mol. The third-order valence-electron chi connectivity index (χ3n) is 4.46. The zero-order chi connectivity index (χ0) is 12.2. The zero-order valence-corrected chi connectivity index (χ0v) is 13.8. The van der Waals surface area contributed by atoms with Gasteiger partial charge >= 0.3 is 0 Å². The van der Waals surface area contributed by atoms with Gasteiger partial charge in [-0.05, 0) is 0 Å². The molecular weight excluding hydrogens is 417 g/mol. The van der Waals surface area contributed by atoms with E-state index in [9.17, 15) is 0 Å². The van der Waals surface area contributed by atoms with Crippen molar-refractivity contribution < 1.29 is 21.1 Å². The summed E-state index contributed by atoms with van der Waals surface area (Å²) in [6, 6.07) is 1.83. The van der Waals surface area contributed by atoms with Crippen LogP contribution >= 0.6 is 0 Å². The summed E-state index contributed by atoms with van der Waals surface area (Å²) in [4.78, 5) is 0. The Kier molecular flexibility index (Phi) is 6.55. The average Bonchev–Trinajstić information content (AvgIpc) is 2.49. The number of piperidine rings is 2. The maximum atomic E-state index is 5.09. The van der Waals surface area contributed by atoms with Gasteiger partial charge in [0.25, 0.3) is 0 Å². The molecule has 19 heavy (non-hydrogen) atoms. The SMILES string of the molecule is C1=CC(C2CCCC(C3CCCC[N-]3)[N-]2)[N-]CC1.[Pt]. The molecule has 0 aromatic heterocycles. The van der Waals surface area contributed by atoms with Gasteiger partial charge in [-0.25, -0.2) is 0 Å². The quantitative estimate of drug-likeness (QED) is 0.584. The first-order valence-electron chi connectivity index (χ1n) is 7.63. The van der Waals surface area contributed by atoms with Gasteiger partial charge in [-0.15, -0.1) is 31.2 Å². The maximum Gasteiger partial charge on any atom is 0 e. The van der Waals surface area contributed by atoms with Crippen LogP contribution < -0.4 is 0 Å². The van der Waals surface area contributed by atoms with Crippen LogP contribution in [0.2, 0.25) is 0 Å². The first-order chi connectivity index (χ1) is 8.93. The fourth-order valence-electron chi connectivity index (χ4n) is 3.45. The molecule has 0 aromatic carbocycles. The van der Waals surface area contributed by atoms with Crippen molar-refractivity contribution in [3.63, 3.8) is 0 Å². The molecule has 3 rings (SSSR count). The number of hydrogen-bond donors (Lipinski definition) is 0. The van der Waals surface area contributed by atoms with Crippen molar-refractivity contribution in [2.75, 3.05) is 13.1 Å². The fourth-order valence-corrected chi connectivity index (χ4v) is 3.45. The van der Waals surface area contributed by atoms with E-state index in [1.807, 2.05) is 0 Å². The van der Waals surface area contributed by atoms with Gasteiger partial charge in [-0.3, -0.25) is 0 Å². The van der Waals surface area contributed by atoms with Crippen molar-refractivity contribution in [1.82, 2.24) is 0 Å². The van der Waals surface area contributed by atoms with Crippen LogP contribution in [0.25, 0.3) is 16.0 Å². The Labute approximate surface area is 131 Å². The molecule has 0 bridgehead atoms. The van der Waals surface area contributed by atoms with Crippen LogP contribution in [0.5, 0.6) is 0 Å². The number of rotatable bonds is 2. The van der Waals surface area contributed by atoms with Crippen LogP contribution in [-0.4, -0.2) is 37.3 Å². The standard InChI is InChI=1S/C15H24N3.Pt/c1-3-10-16-12(6-1)14-8-5-9-15(18-14)13-7-2-4-11-17-13;/h1,6,12-15H,2-5,7-11H2;/q-3;. The largest absolute Gasteiger partial charge is 0.661 e. The molecule has 112 valence electrons. The van der Waals surface area contributed by atoms with Crippen molar-refractivity contribution in [2.45, 2.75) is 69.1 Å². The van der Waals surface area contributed by atoms with Crippen LogP contribution in [0.1, 0.15) is 44.9 Å². The van der Waals surface area contributed by atoms with Gasteiger partial charge in [0.1, 0.15) is 0 Å². The normalized spacial score (nSPS) is 39.6. The van der Waals surface area contributed by atoms with Crippen LogP contribution in [0.4, 0.5) is 0 Å². The third-order valence-corrected chi connectivity index (χ3v) is 4.46. The van der Waals surface area contributed by atoms with Crippen molar-refractivity contribution in [3.05, 3.63) is 28.1 Å². The molecule has 0 radical (unpaired) electrons. The summed E-state index contributed by atoms with van der Waals surface area (Å²) < 4.78 is 0. The molecule has 0 amide bonds. The van der Waals surface area contributed by atoms with E-state index in [2.05, 4.69) is 12.2 Å². The Hall–Kier alpha value is 0.308. The van der Waals surface area contributed by atoms with Gasteiger partial charge in [0.05, 0.1) is 0 Å².